The first-order valence-corrected chi connectivity index (χ1v) is 8.33. The lowest BCUT2D eigenvalue weighted by Crippen LogP contribution is -2.25. The van der Waals surface area contributed by atoms with Crippen molar-refractivity contribution in [3.05, 3.63) is 90.3 Å². The molecule has 0 radical (unpaired) electrons. The summed E-state index contributed by atoms with van der Waals surface area (Å²) in [5.74, 6) is 0.214. The molecule has 2 aromatic carbocycles. The number of carbonyl (C=O) groups is 1. The van der Waals surface area contributed by atoms with Gasteiger partial charge in [0, 0.05) is 24.9 Å². The van der Waals surface area contributed by atoms with Crippen molar-refractivity contribution in [3.8, 4) is 11.1 Å². The smallest absolute Gasteiger partial charge is 0.243 e. The van der Waals surface area contributed by atoms with Crippen molar-refractivity contribution in [1.82, 2.24) is 9.99 Å². The van der Waals surface area contributed by atoms with Crippen LogP contribution in [0.1, 0.15) is 24.3 Å². The zero-order valence-electron chi connectivity index (χ0n) is 14.2. The molecular formula is C21H17N3O2. The molecule has 0 saturated carbocycles. The molecule has 3 aromatic rings. The van der Waals surface area contributed by atoms with Gasteiger partial charge in [0.1, 0.15) is 0 Å². The van der Waals surface area contributed by atoms with Gasteiger partial charge in [-0.15, -0.1) is 5.10 Å². The van der Waals surface area contributed by atoms with Crippen LogP contribution in [0.4, 0.5) is 0 Å². The topological polar surface area (TPSA) is 54.8 Å². The number of pyridine rings is 1. The standard InChI is InChI=1S/C21H17N3O2/c1-15(25)24-21(26-20(23-24)19-8-5-13-22-14-19)18-11-9-17(10-12-18)16-6-3-2-4-7-16/h2-14,21H,1H3. The van der Waals surface area contributed by atoms with E-state index in [4.69, 9.17) is 4.74 Å². The lowest BCUT2D eigenvalue weighted by atomic mass is 10.0. The van der Waals surface area contributed by atoms with Gasteiger partial charge in [-0.2, -0.15) is 5.01 Å². The number of hydrogen-bond acceptors (Lipinski definition) is 4. The number of aromatic nitrogens is 1. The quantitative estimate of drug-likeness (QED) is 0.722. The van der Waals surface area contributed by atoms with Crippen molar-refractivity contribution in [1.29, 1.82) is 0 Å². The minimum absolute atomic E-state index is 0.180. The summed E-state index contributed by atoms with van der Waals surface area (Å²) >= 11 is 0. The van der Waals surface area contributed by atoms with E-state index in [1.54, 1.807) is 18.5 Å². The molecule has 0 N–H and O–H groups in total. The second kappa shape index (κ2) is 6.80. The van der Waals surface area contributed by atoms with Crippen molar-refractivity contribution < 1.29 is 9.53 Å². The Morgan fingerprint density at radius 2 is 1.62 bits per heavy atom. The molecule has 26 heavy (non-hydrogen) atoms. The SMILES string of the molecule is CC(=O)N1N=C(c2cccnc2)OC1c1ccc(-c2ccccc2)cc1. The monoisotopic (exact) mass is 343 g/mol. The summed E-state index contributed by atoms with van der Waals surface area (Å²) in [4.78, 5) is 16.1. The summed E-state index contributed by atoms with van der Waals surface area (Å²) in [6, 6.07) is 21.8. The summed E-state index contributed by atoms with van der Waals surface area (Å²) in [7, 11) is 0. The molecule has 1 atom stereocenters. The van der Waals surface area contributed by atoms with Gasteiger partial charge in [-0.05, 0) is 23.3 Å². The molecule has 4 rings (SSSR count). The van der Waals surface area contributed by atoms with Crippen LogP contribution in [0.25, 0.3) is 11.1 Å². The number of rotatable bonds is 3. The first-order valence-electron chi connectivity index (χ1n) is 8.33. The molecule has 1 amide bonds. The summed E-state index contributed by atoms with van der Waals surface area (Å²) in [6.07, 6.45) is 2.77. The third-order valence-corrected chi connectivity index (χ3v) is 4.18. The molecule has 1 aliphatic rings. The zero-order valence-corrected chi connectivity index (χ0v) is 14.2. The fourth-order valence-electron chi connectivity index (χ4n) is 2.86. The van der Waals surface area contributed by atoms with E-state index >= 15 is 0 Å². The number of amides is 1. The van der Waals surface area contributed by atoms with E-state index in [-0.39, 0.29) is 5.91 Å². The van der Waals surface area contributed by atoms with E-state index < -0.39 is 6.23 Å². The highest BCUT2D eigenvalue weighted by molar-refractivity contribution is 5.96. The molecule has 0 aliphatic carbocycles. The lowest BCUT2D eigenvalue weighted by Gasteiger charge is -2.19. The van der Waals surface area contributed by atoms with E-state index in [2.05, 4.69) is 22.2 Å². The predicted octanol–water partition coefficient (Wildman–Crippen LogP) is 3.99. The number of hydrazone groups is 1. The van der Waals surface area contributed by atoms with E-state index in [9.17, 15) is 4.79 Å². The van der Waals surface area contributed by atoms with Crippen LogP contribution >= 0.6 is 0 Å². The molecule has 0 spiro atoms. The van der Waals surface area contributed by atoms with Crippen molar-refractivity contribution in [3.63, 3.8) is 0 Å². The lowest BCUT2D eigenvalue weighted by molar-refractivity contribution is -0.135. The van der Waals surface area contributed by atoms with Crippen molar-refractivity contribution in [2.75, 3.05) is 0 Å². The van der Waals surface area contributed by atoms with Gasteiger partial charge in [0.15, 0.2) is 0 Å². The van der Waals surface area contributed by atoms with Crippen molar-refractivity contribution >= 4 is 11.8 Å². The first kappa shape index (κ1) is 16.0. The minimum atomic E-state index is -0.576. The van der Waals surface area contributed by atoms with Crippen LogP contribution in [-0.2, 0) is 9.53 Å². The average molecular weight is 343 g/mol. The van der Waals surface area contributed by atoms with Crippen molar-refractivity contribution in [2.45, 2.75) is 13.2 Å². The Hall–Kier alpha value is -3.47. The Balaban J connectivity index is 1.62. The van der Waals surface area contributed by atoms with Crippen LogP contribution in [0.2, 0.25) is 0 Å². The molecule has 128 valence electrons. The van der Waals surface area contributed by atoms with Crippen LogP contribution in [0.5, 0.6) is 0 Å². The third-order valence-electron chi connectivity index (χ3n) is 4.18. The van der Waals surface area contributed by atoms with E-state index in [0.29, 0.717) is 5.90 Å². The summed E-state index contributed by atoms with van der Waals surface area (Å²) in [5.41, 5.74) is 3.85. The molecule has 0 saturated heterocycles. The fourth-order valence-corrected chi connectivity index (χ4v) is 2.86. The van der Waals surface area contributed by atoms with Crippen molar-refractivity contribution in [2.24, 2.45) is 5.10 Å². The Morgan fingerprint density at radius 3 is 2.27 bits per heavy atom. The average Bonchev–Trinajstić information content (AvgIpc) is 3.15. The molecule has 5 nitrogen and oxygen atoms in total. The van der Waals surface area contributed by atoms with Gasteiger partial charge in [0.2, 0.25) is 18.0 Å². The van der Waals surface area contributed by atoms with Gasteiger partial charge >= 0.3 is 0 Å². The molecule has 0 bridgehead atoms. The Labute approximate surface area is 151 Å². The highest BCUT2D eigenvalue weighted by Gasteiger charge is 2.33. The maximum atomic E-state index is 12.0. The maximum Gasteiger partial charge on any atom is 0.243 e. The zero-order chi connectivity index (χ0) is 17.9. The molecular weight excluding hydrogens is 326 g/mol. The van der Waals surface area contributed by atoms with Gasteiger partial charge in [0.25, 0.3) is 0 Å². The van der Waals surface area contributed by atoms with Crippen LogP contribution in [0.3, 0.4) is 0 Å². The highest BCUT2D eigenvalue weighted by atomic mass is 16.5. The van der Waals surface area contributed by atoms with Gasteiger partial charge in [-0.1, -0.05) is 54.6 Å². The van der Waals surface area contributed by atoms with Gasteiger partial charge < -0.3 is 4.74 Å². The number of hydrogen-bond donors (Lipinski definition) is 0. The van der Waals surface area contributed by atoms with Crippen LogP contribution in [0, 0.1) is 0 Å². The molecule has 0 fully saturated rings. The predicted molar refractivity (Wildman–Crippen MR) is 99.0 cm³/mol. The highest BCUT2D eigenvalue weighted by Crippen LogP contribution is 2.31. The first-order chi connectivity index (χ1) is 12.7. The van der Waals surface area contributed by atoms with Crippen LogP contribution < -0.4 is 0 Å². The molecule has 1 unspecified atom stereocenters. The number of ether oxygens (including phenoxy) is 1. The van der Waals surface area contributed by atoms with Crippen LogP contribution in [-0.4, -0.2) is 21.8 Å². The third kappa shape index (κ3) is 3.07. The molecule has 1 aliphatic heterocycles. The van der Waals surface area contributed by atoms with Gasteiger partial charge in [-0.3, -0.25) is 9.78 Å². The normalized spacial score (nSPS) is 16.1. The summed E-state index contributed by atoms with van der Waals surface area (Å²) in [5, 5.41) is 5.70. The Bertz CT molecular complexity index is 938. The van der Waals surface area contributed by atoms with Crippen LogP contribution in [0.15, 0.2) is 84.2 Å². The molecule has 1 aromatic heterocycles. The van der Waals surface area contributed by atoms with Gasteiger partial charge in [0.05, 0.1) is 5.56 Å². The number of benzene rings is 2. The second-order valence-electron chi connectivity index (χ2n) is 5.97. The van der Waals surface area contributed by atoms with E-state index in [0.717, 1.165) is 22.3 Å². The van der Waals surface area contributed by atoms with E-state index in [1.165, 1.54) is 11.9 Å². The molecule has 2 heterocycles. The second-order valence-corrected chi connectivity index (χ2v) is 5.97. The minimum Gasteiger partial charge on any atom is -0.446 e. The Kier molecular flexibility index (Phi) is 4.19. The number of carbonyl (C=O) groups excluding carboxylic acids is 1. The largest absolute Gasteiger partial charge is 0.446 e. The summed E-state index contributed by atoms with van der Waals surface area (Å²) in [6.45, 7) is 1.48. The van der Waals surface area contributed by atoms with E-state index in [1.807, 2.05) is 48.5 Å². The maximum absolute atomic E-state index is 12.0. The van der Waals surface area contributed by atoms with Gasteiger partial charge in [-0.25, -0.2) is 0 Å². The Morgan fingerprint density at radius 1 is 0.923 bits per heavy atom. The molecule has 5 heteroatoms. The fraction of sp³-hybridized carbons (Fsp3) is 0.0952. The summed E-state index contributed by atoms with van der Waals surface area (Å²) < 4.78 is 5.97. The number of nitrogens with zero attached hydrogens (tertiary/aromatic N) is 3.